The zero-order chi connectivity index (χ0) is 11.8. The minimum Gasteiger partial charge on any atom is -0.377 e. The minimum atomic E-state index is -0.241. The normalized spacial score (nSPS) is 10.7. The van der Waals surface area contributed by atoms with Crippen LogP contribution < -0.4 is 5.73 Å². The van der Waals surface area contributed by atoms with Crippen molar-refractivity contribution in [3.63, 3.8) is 0 Å². The van der Waals surface area contributed by atoms with Crippen molar-refractivity contribution < 1.29 is 9.13 Å². The first kappa shape index (κ1) is 13.1. The van der Waals surface area contributed by atoms with Crippen molar-refractivity contribution in [3.05, 3.63) is 35.1 Å². The molecule has 0 aliphatic rings. The largest absolute Gasteiger partial charge is 0.377 e. The van der Waals surface area contributed by atoms with Crippen LogP contribution in [-0.2, 0) is 17.9 Å². The van der Waals surface area contributed by atoms with Crippen molar-refractivity contribution in [2.24, 2.45) is 5.73 Å². The molecule has 0 atom stereocenters. The molecule has 0 amide bonds. The summed E-state index contributed by atoms with van der Waals surface area (Å²) in [5, 5.41) is 0. The smallest absolute Gasteiger partial charge is 0.123 e. The van der Waals surface area contributed by atoms with Crippen molar-refractivity contribution >= 4 is 0 Å². The fourth-order valence-corrected chi connectivity index (χ4v) is 1.56. The van der Waals surface area contributed by atoms with Crippen LogP contribution in [0, 0.1) is 5.82 Å². The molecule has 0 aliphatic carbocycles. The molecule has 3 heteroatoms. The first-order valence-electron chi connectivity index (χ1n) is 5.82. The van der Waals surface area contributed by atoms with Gasteiger partial charge >= 0.3 is 0 Å². The molecule has 0 fully saturated rings. The van der Waals surface area contributed by atoms with Gasteiger partial charge in [-0.25, -0.2) is 4.39 Å². The summed E-state index contributed by atoms with van der Waals surface area (Å²) >= 11 is 0. The van der Waals surface area contributed by atoms with Crippen LogP contribution in [0.1, 0.15) is 37.3 Å². The summed E-state index contributed by atoms with van der Waals surface area (Å²) in [7, 11) is 0. The quantitative estimate of drug-likeness (QED) is 0.724. The van der Waals surface area contributed by atoms with Gasteiger partial charge in [0.15, 0.2) is 0 Å². The van der Waals surface area contributed by atoms with Gasteiger partial charge in [-0.3, -0.25) is 0 Å². The van der Waals surface area contributed by atoms with E-state index in [2.05, 4.69) is 6.92 Å². The molecule has 0 bridgehead atoms. The Morgan fingerprint density at radius 1 is 1.19 bits per heavy atom. The average Bonchev–Trinajstić information content (AvgIpc) is 2.28. The van der Waals surface area contributed by atoms with Crippen molar-refractivity contribution in [1.82, 2.24) is 0 Å². The Morgan fingerprint density at radius 2 is 1.94 bits per heavy atom. The average molecular weight is 225 g/mol. The SMILES string of the molecule is CCCCCOCc1cc(F)cc(CN)c1. The van der Waals surface area contributed by atoms with E-state index in [4.69, 9.17) is 10.5 Å². The van der Waals surface area contributed by atoms with E-state index in [-0.39, 0.29) is 5.82 Å². The van der Waals surface area contributed by atoms with Gasteiger partial charge in [0.25, 0.3) is 0 Å². The standard InChI is InChI=1S/C13H20FNO/c1-2-3-4-5-16-10-12-6-11(9-15)7-13(14)8-12/h6-8H,2-5,9-10,15H2,1H3. The number of ether oxygens (including phenoxy) is 1. The molecule has 0 spiro atoms. The Hall–Kier alpha value is -0.930. The Morgan fingerprint density at radius 3 is 2.62 bits per heavy atom. The number of benzene rings is 1. The van der Waals surface area contributed by atoms with Crippen LogP contribution >= 0.6 is 0 Å². The lowest BCUT2D eigenvalue weighted by molar-refractivity contribution is 0.117. The van der Waals surface area contributed by atoms with Gasteiger partial charge in [-0.15, -0.1) is 0 Å². The first-order valence-corrected chi connectivity index (χ1v) is 5.82. The lowest BCUT2D eigenvalue weighted by Gasteiger charge is -2.06. The zero-order valence-electron chi connectivity index (χ0n) is 9.84. The van der Waals surface area contributed by atoms with Crippen LogP contribution in [0.2, 0.25) is 0 Å². The molecule has 0 unspecified atom stereocenters. The summed E-state index contributed by atoms with van der Waals surface area (Å²) < 4.78 is 18.6. The fourth-order valence-electron chi connectivity index (χ4n) is 1.56. The molecule has 16 heavy (non-hydrogen) atoms. The van der Waals surface area contributed by atoms with E-state index in [0.717, 1.165) is 24.2 Å². The molecular weight excluding hydrogens is 205 g/mol. The first-order chi connectivity index (χ1) is 7.76. The Bertz CT molecular complexity index is 315. The lowest BCUT2D eigenvalue weighted by Crippen LogP contribution is -2.01. The van der Waals surface area contributed by atoms with Crippen LogP contribution in [0.4, 0.5) is 4.39 Å². The second-order valence-electron chi connectivity index (χ2n) is 3.93. The second-order valence-corrected chi connectivity index (χ2v) is 3.93. The van der Waals surface area contributed by atoms with Gasteiger partial charge in [0.05, 0.1) is 6.61 Å². The van der Waals surface area contributed by atoms with E-state index in [9.17, 15) is 4.39 Å². The van der Waals surface area contributed by atoms with Crippen LogP contribution in [0.5, 0.6) is 0 Å². The molecule has 0 aliphatic heterocycles. The third-order valence-electron chi connectivity index (χ3n) is 2.41. The molecule has 0 heterocycles. The predicted molar refractivity (Wildman–Crippen MR) is 63.5 cm³/mol. The number of rotatable bonds is 7. The number of unbranched alkanes of at least 4 members (excludes halogenated alkanes) is 2. The summed E-state index contributed by atoms with van der Waals surface area (Å²) in [6.07, 6.45) is 3.42. The van der Waals surface area contributed by atoms with Gasteiger partial charge in [0.2, 0.25) is 0 Å². The highest BCUT2D eigenvalue weighted by Gasteiger charge is 2.00. The Labute approximate surface area is 96.6 Å². The second kappa shape index (κ2) is 7.36. The van der Waals surface area contributed by atoms with Gasteiger partial charge in [-0.05, 0) is 29.7 Å². The van der Waals surface area contributed by atoms with Crippen LogP contribution in [0.3, 0.4) is 0 Å². The minimum absolute atomic E-state index is 0.241. The van der Waals surface area contributed by atoms with E-state index in [1.165, 1.54) is 25.0 Å². The number of hydrogen-bond acceptors (Lipinski definition) is 2. The summed E-state index contributed by atoms with van der Waals surface area (Å²) in [6, 6.07) is 4.85. The molecule has 0 radical (unpaired) electrons. The Kier molecular flexibility index (Phi) is 6.04. The van der Waals surface area contributed by atoms with E-state index in [1.807, 2.05) is 6.07 Å². The number of nitrogens with two attached hydrogens (primary N) is 1. The van der Waals surface area contributed by atoms with Gasteiger partial charge in [-0.2, -0.15) is 0 Å². The predicted octanol–water partition coefficient (Wildman–Crippen LogP) is 2.99. The number of hydrogen-bond donors (Lipinski definition) is 1. The maximum atomic E-state index is 13.1. The van der Waals surface area contributed by atoms with E-state index >= 15 is 0 Å². The lowest BCUT2D eigenvalue weighted by atomic mass is 10.1. The van der Waals surface area contributed by atoms with Crippen molar-refractivity contribution in [3.8, 4) is 0 Å². The highest BCUT2D eigenvalue weighted by Crippen LogP contribution is 2.10. The molecule has 90 valence electrons. The van der Waals surface area contributed by atoms with Crippen LogP contribution in [0.25, 0.3) is 0 Å². The molecule has 1 aromatic rings. The molecule has 0 saturated carbocycles. The summed E-state index contributed by atoms with van der Waals surface area (Å²) in [6.45, 7) is 3.72. The van der Waals surface area contributed by atoms with Crippen molar-refractivity contribution in [2.45, 2.75) is 39.3 Å². The van der Waals surface area contributed by atoms with Gasteiger partial charge in [-0.1, -0.05) is 25.8 Å². The van der Waals surface area contributed by atoms with Gasteiger partial charge in [0, 0.05) is 13.2 Å². The third-order valence-corrected chi connectivity index (χ3v) is 2.41. The molecule has 2 N–H and O–H groups in total. The molecule has 0 saturated heterocycles. The molecular formula is C13H20FNO. The highest BCUT2D eigenvalue weighted by molar-refractivity contribution is 5.24. The van der Waals surface area contributed by atoms with Gasteiger partial charge < -0.3 is 10.5 Å². The third kappa shape index (κ3) is 4.73. The van der Waals surface area contributed by atoms with Crippen molar-refractivity contribution in [1.29, 1.82) is 0 Å². The van der Waals surface area contributed by atoms with Crippen LogP contribution in [0.15, 0.2) is 18.2 Å². The maximum Gasteiger partial charge on any atom is 0.123 e. The number of halogens is 1. The van der Waals surface area contributed by atoms with E-state index in [0.29, 0.717) is 13.2 Å². The monoisotopic (exact) mass is 225 g/mol. The maximum absolute atomic E-state index is 13.1. The summed E-state index contributed by atoms with van der Waals surface area (Å²) in [5.41, 5.74) is 7.14. The zero-order valence-corrected chi connectivity index (χ0v) is 9.84. The molecule has 1 aromatic carbocycles. The summed E-state index contributed by atoms with van der Waals surface area (Å²) in [5.74, 6) is -0.241. The highest BCUT2D eigenvalue weighted by atomic mass is 19.1. The van der Waals surface area contributed by atoms with E-state index < -0.39 is 0 Å². The molecule has 0 aromatic heterocycles. The molecule has 2 nitrogen and oxygen atoms in total. The van der Waals surface area contributed by atoms with E-state index in [1.54, 1.807) is 0 Å². The summed E-state index contributed by atoms with van der Waals surface area (Å²) in [4.78, 5) is 0. The Balaban J connectivity index is 2.38. The fraction of sp³-hybridized carbons (Fsp3) is 0.538. The molecule has 1 rings (SSSR count). The van der Waals surface area contributed by atoms with Crippen molar-refractivity contribution in [2.75, 3.05) is 6.61 Å². The van der Waals surface area contributed by atoms with Crippen LogP contribution in [-0.4, -0.2) is 6.61 Å². The topological polar surface area (TPSA) is 35.2 Å². The van der Waals surface area contributed by atoms with Gasteiger partial charge in [0.1, 0.15) is 5.82 Å².